The van der Waals surface area contributed by atoms with Gasteiger partial charge in [-0.15, -0.1) is 0 Å². The Morgan fingerprint density at radius 2 is 1.70 bits per heavy atom. The van der Waals surface area contributed by atoms with Crippen LogP contribution in [0.4, 0.5) is 0 Å². The molecule has 0 radical (unpaired) electrons. The molecule has 1 aromatic carbocycles. The third-order valence-electron chi connectivity index (χ3n) is 3.07. The number of hydrogen-bond donors (Lipinski definition) is 0. The first kappa shape index (κ1) is 16.1. The molecule has 0 aromatic heterocycles. The lowest BCUT2D eigenvalue weighted by atomic mass is 9.95. The zero-order valence-corrected chi connectivity index (χ0v) is 11.9. The molecule has 0 aliphatic carbocycles. The van der Waals surface area contributed by atoms with Gasteiger partial charge in [-0.2, -0.15) is 0 Å². The van der Waals surface area contributed by atoms with Gasteiger partial charge in [0.25, 0.3) is 0 Å². The van der Waals surface area contributed by atoms with Gasteiger partial charge in [-0.3, -0.25) is 14.4 Å². The Balaban J connectivity index is 2.63. The van der Waals surface area contributed by atoms with Crippen molar-refractivity contribution in [2.45, 2.75) is 39.7 Å². The van der Waals surface area contributed by atoms with Gasteiger partial charge in [0.1, 0.15) is 24.1 Å². The maximum absolute atomic E-state index is 12.0. The molecule has 0 saturated heterocycles. The van der Waals surface area contributed by atoms with E-state index in [9.17, 15) is 14.4 Å². The quantitative estimate of drug-likeness (QED) is 0.541. The van der Waals surface area contributed by atoms with Gasteiger partial charge in [0.15, 0.2) is 0 Å². The number of carbonyl (C=O) groups is 3. The predicted molar refractivity (Wildman–Crippen MR) is 74.9 cm³/mol. The van der Waals surface area contributed by atoms with Gasteiger partial charge in [0.2, 0.25) is 0 Å². The molecule has 0 aliphatic heterocycles. The highest BCUT2D eigenvalue weighted by molar-refractivity contribution is 6.02. The molecule has 4 heteroatoms. The summed E-state index contributed by atoms with van der Waals surface area (Å²) in [6.07, 6.45) is 0.484. The van der Waals surface area contributed by atoms with E-state index in [4.69, 9.17) is 4.74 Å². The highest BCUT2D eigenvalue weighted by atomic mass is 16.5. The summed E-state index contributed by atoms with van der Waals surface area (Å²) < 4.78 is 5.15. The molecular weight excluding hydrogens is 256 g/mol. The van der Waals surface area contributed by atoms with Crippen LogP contribution in [0.5, 0.6) is 0 Å². The highest BCUT2D eigenvalue weighted by Gasteiger charge is 2.28. The van der Waals surface area contributed by atoms with Crippen LogP contribution in [-0.4, -0.2) is 17.5 Å². The summed E-state index contributed by atoms with van der Waals surface area (Å²) in [5.41, 5.74) is 0.852. The number of rotatable bonds is 8. The molecule has 0 spiro atoms. The second-order valence-corrected chi connectivity index (χ2v) is 4.56. The predicted octanol–water partition coefficient (Wildman–Crippen LogP) is 2.69. The van der Waals surface area contributed by atoms with Crippen molar-refractivity contribution in [2.75, 3.05) is 0 Å². The summed E-state index contributed by atoms with van der Waals surface area (Å²) in [6.45, 7) is 3.51. The Morgan fingerprint density at radius 1 is 1.05 bits per heavy atom. The van der Waals surface area contributed by atoms with Gasteiger partial charge < -0.3 is 4.74 Å². The van der Waals surface area contributed by atoms with E-state index in [1.165, 1.54) is 0 Å². The number of ketones is 2. The minimum absolute atomic E-state index is 0.0587. The molecule has 1 atom stereocenters. The molecule has 1 rings (SSSR count). The second kappa shape index (κ2) is 8.25. The SMILES string of the molecule is CCC(=O)CC(C(=O)CC)C(=O)OCc1ccccc1. The minimum Gasteiger partial charge on any atom is -0.460 e. The van der Waals surface area contributed by atoms with Crippen LogP contribution in [0.2, 0.25) is 0 Å². The van der Waals surface area contributed by atoms with E-state index < -0.39 is 11.9 Å². The molecule has 4 nitrogen and oxygen atoms in total. The molecule has 20 heavy (non-hydrogen) atoms. The summed E-state index contributed by atoms with van der Waals surface area (Å²) in [5, 5.41) is 0. The van der Waals surface area contributed by atoms with Crippen LogP contribution >= 0.6 is 0 Å². The molecule has 0 fully saturated rings. The fourth-order valence-corrected chi connectivity index (χ4v) is 1.78. The summed E-state index contributed by atoms with van der Waals surface area (Å²) in [5.74, 6) is -1.92. The molecule has 0 heterocycles. The standard InChI is InChI=1S/C16H20O4/c1-3-13(17)10-14(15(18)4-2)16(19)20-11-12-8-6-5-7-9-12/h5-9,14H,3-4,10-11H2,1-2H3. The van der Waals surface area contributed by atoms with Crippen molar-refractivity contribution >= 4 is 17.5 Å². The van der Waals surface area contributed by atoms with E-state index in [0.29, 0.717) is 6.42 Å². The highest BCUT2D eigenvalue weighted by Crippen LogP contribution is 2.13. The summed E-state index contributed by atoms with van der Waals surface area (Å²) >= 11 is 0. The Labute approximate surface area is 119 Å². The normalized spacial score (nSPS) is 11.7. The van der Waals surface area contributed by atoms with E-state index in [2.05, 4.69) is 0 Å². The third kappa shape index (κ3) is 4.96. The smallest absolute Gasteiger partial charge is 0.317 e. The lowest BCUT2D eigenvalue weighted by Crippen LogP contribution is -2.28. The van der Waals surface area contributed by atoms with Crippen molar-refractivity contribution in [3.8, 4) is 0 Å². The first-order valence-electron chi connectivity index (χ1n) is 6.83. The third-order valence-corrected chi connectivity index (χ3v) is 3.07. The van der Waals surface area contributed by atoms with E-state index in [0.717, 1.165) is 5.56 Å². The second-order valence-electron chi connectivity index (χ2n) is 4.56. The average molecular weight is 276 g/mol. The maximum atomic E-state index is 12.0. The van der Waals surface area contributed by atoms with Gasteiger partial charge in [0.05, 0.1) is 0 Å². The largest absolute Gasteiger partial charge is 0.460 e. The lowest BCUT2D eigenvalue weighted by molar-refractivity contribution is -0.154. The van der Waals surface area contributed by atoms with E-state index in [1.807, 2.05) is 30.3 Å². The van der Waals surface area contributed by atoms with Crippen LogP contribution in [0.3, 0.4) is 0 Å². The number of benzene rings is 1. The van der Waals surface area contributed by atoms with E-state index in [-0.39, 0.29) is 31.0 Å². The van der Waals surface area contributed by atoms with Crippen LogP contribution in [0.25, 0.3) is 0 Å². The molecule has 108 valence electrons. The van der Waals surface area contributed by atoms with Crippen LogP contribution in [-0.2, 0) is 25.7 Å². The number of Topliss-reactive ketones (excluding diaryl/α,β-unsaturated/α-hetero) is 2. The number of esters is 1. The van der Waals surface area contributed by atoms with Crippen molar-refractivity contribution in [3.05, 3.63) is 35.9 Å². The van der Waals surface area contributed by atoms with Crippen LogP contribution in [0, 0.1) is 5.92 Å². The van der Waals surface area contributed by atoms with Crippen molar-refractivity contribution in [1.82, 2.24) is 0 Å². The zero-order valence-electron chi connectivity index (χ0n) is 11.9. The molecule has 0 N–H and O–H groups in total. The van der Waals surface area contributed by atoms with E-state index >= 15 is 0 Å². The van der Waals surface area contributed by atoms with Crippen LogP contribution in [0.1, 0.15) is 38.7 Å². The minimum atomic E-state index is -0.962. The Morgan fingerprint density at radius 3 is 2.25 bits per heavy atom. The topological polar surface area (TPSA) is 60.4 Å². The van der Waals surface area contributed by atoms with Crippen molar-refractivity contribution in [2.24, 2.45) is 5.92 Å². The first-order valence-corrected chi connectivity index (χ1v) is 6.83. The summed E-state index contributed by atoms with van der Waals surface area (Å²) in [7, 11) is 0. The Hall–Kier alpha value is -1.97. The lowest BCUT2D eigenvalue weighted by Gasteiger charge is -2.13. The first-order chi connectivity index (χ1) is 9.58. The van der Waals surface area contributed by atoms with Gasteiger partial charge in [-0.1, -0.05) is 44.2 Å². The van der Waals surface area contributed by atoms with Gasteiger partial charge in [-0.05, 0) is 5.56 Å². The molecule has 0 amide bonds. The zero-order chi connectivity index (χ0) is 15.0. The fraction of sp³-hybridized carbons (Fsp3) is 0.438. The Kier molecular flexibility index (Phi) is 6.64. The fourth-order valence-electron chi connectivity index (χ4n) is 1.78. The van der Waals surface area contributed by atoms with Gasteiger partial charge >= 0.3 is 5.97 Å². The molecular formula is C16H20O4. The van der Waals surface area contributed by atoms with Crippen LogP contribution in [0.15, 0.2) is 30.3 Å². The Bertz CT molecular complexity index is 465. The summed E-state index contributed by atoms with van der Waals surface area (Å²) in [4.78, 5) is 35.2. The number of ether oxygens (including phenoxy) is 1. The molecule has 1 unspecified atom stereocenters. The summed E-state index contributed by atoms with van der Waals surface area (Å²) in [6, 6.07) is 9.23. The monoisotopic (exact) mass is 276 g/mol. The molecule has 0 bridgehead atoms. The van der Waals surface area contributed by atoms with E-state index in [1.54, 1.807) is 13.8 Å². The van der Waals surface area contributed by atoms with Crippen molar-refractivity contribution in [1.29, 1.82) is 0 Å². The average Bonchev–Trinajstić information content (AvgIpc) is 2.50. The molecule has 1 aromatic rings. The van der Waals surface area contributed by atoms with Gasteiger partial charge in [-0.25, -0.2) is 0 Å². The molecule has 0 aliphatic rings. The van der Waals surface area contributed by atoms with Crippen molar-refractivity contribution < 1.29 is 19.1 Å². The van der Waals surface area contributed by atoms with Gasteiger partial charge in [0, 0.05) is 19.3 Å². The van der Waals surface area contributed by atoms with Crippen molar-refractivity contribution in [3.63, 3.8) is 0 Å². The number of carbonyl (C=O) groups excluding carboxylic acids is 3. The maximum Gasteiger partial charge on any atom is 0.317 e. The number of hydrogen-bond acceptors (Lipinski definition) is 4. The van der Waals surface area contributed by atoms with Crippen LogP contribution < -0.4 is 0 Å². The molecule has 0 saturated carbocycles.